The molecule has 0 radical (unpaired) electrons. The molecule has 0 spiro atoms. The van der Waals surface area contributed by atoms with Gasteiger partial charge in [-0.1, -0.05) is 26.0 Å². The fourth-order valence-corrected chi connectivity index (χ4v) is 3.06. The van der Waals surface area contributed by atoms with Crippen LogP contribution in [0.15, 0.2) is 29.3 Å². The average Bonchev–Trinajstić information content (AvgIpc) is 2.95. The summed E-state index contributed by atoms with van der Waals surface area (Å²) < 4.78 is 5.57. The summed E-state index contributed by atoms with van der Waals surface area (Å²) in [5, 5.41) is 6.53. The molecule has 7 heteroatoms. The summed E-state index contributed by atoms with van der Waals surface area (Å²) in [7, 11) is 0. The number of nitrogens with one attached hydrogen (secondary N) is 2. The monoisotopic (exact) mass is 402 g/mol. The lowest BCUT2D eigenvalue weighted by atomic mass is 10.1. The molecule has 1 aliphatic heterocycles. The van der Waals surface area contributed by atoms with E-state index in [9.17, 15) is 9.59 Å². The van der Waals surface area contributed by atoms with Crippen molar-refractivity contribution in [3.05, 3.63) is 35.4 Å². The van der Waals surface area contributed by atoms with E-state index >= 15 is 0 Å². The number of fused-ring (bicyclic) bond motifs is 1. The van der Waals surface area contributed by atoms with Gasteiger partial charge in [-0.2, -0.15) is 0 Å². The molecule has 1 aromatic carbocycles. The molecule has 0 aliphatic carbocycles. The van der Waals surface area contributed by atoms with Gasteiger partial charge < -0.3 is 15.4 Å². The molecule has 1 aromatic rings. The van der Waals surface area contributed by atoms with Crippen molar-refractivity contribution in [2.45, 2.75) is 40.0 Å². The van der Waals surface area contributed by atoms with Crippen LogP contribution in [0, 0.1) is 5.92 Å². The Morgan fingerprint density at radius 1 is 1.07 bits per heavy atom. The lowest BCUT2D eigenvalue weighted by molar-refractivity contribution is 0.0652. The Labute approximate surface area is 173 Å². The molecule has 2 amide bonds. The highest BCUT2D eigenvalue weighted by Gasteiger charge is 2.34. The zero-order valence-corrected chi connectivity index (χ0v) is 17.9. The second kappa shape index (κ2) is 12.2. The molecule has 0 saturated heterocycles. The van der Waals surface area contributed by atoms with Crippen molar-refractivity contribution in [1.29, 1.82) is 0 Å². The van der Waals surface area contributed by atoms with E-state index in [-0.39, 0.29) is 11.8 Å². The molecule has 0 saturated carbocycles. The minimum Gasteiger partial charge on any atom is -0.381 e. The number of hydrogen-bond acceptors (Lipinski definition) is 4. The molecule has 0 atom stereocenters. The van der Waals surface area contributed by atoms with Crippen molar-refractivity contribution >= 4 is 17.8 Å². The molecule has 0 fully saturated rings. The van der Waals surface area contributed by atoms with Crippen LogP contribution < -0.4 is 10.6 Å². The highest BCUT2D eigenvalue weighted by atomic mass is 16.5. The van der Waals surface area contributed by atoms with E-state index in [1.54, 1.807) is 24.3 Å². The van der Waals surface area contributed by atoms with E-state index in [0.29, 0.717) is 30.1 Å². The minimum atomic E-state index is -0.187. The van der Waals surface area contributed by atoms with Crippen molar-refractivity contribution in [3.63, 3.8) is 0 Å². The minimum absolute atomic E-state index is 0.187. The molecule has 2 N–H and O–H groups in total. The van der Waals surface area contributed by atoms with Gasteiger partial charge in [0.15, 0.2) is 5.96 Å². The Bertz CT molecular complexity index is 668. The summed E-state index contributed by atoms with van der Waals surface area (Å²) in [5.74, 6) is 0.969. The van der Waals surface area contributed by atoms with E-state index in [1.807, 2.05) is 6.92 Å². The molecule has 160 valence electrons. The highest BCUT2D eigenvalue weighted by Crippen LogP contribution is 2.22. The maximum atomic E-state index is 12.3. The van der Waals surface area contributed by atoms with Crippen LogP contribution in [-0.2, 0) is 4.74 Å². The van der Waals surface area contributed by atoms with Gasteiger partial charge in [0.2, 0.25) is 0 Å². The van der Waals surface area contributed by atoms with Crippen molar-refractivity contribution in [2.75, 3.05) is 39.4 Å². The molecule has 1 aliphatic rings. The number of guanidine groups is 1. The third kappa shape index (κ3) is 7.16. The third-order valence-corrected chi connectivity index (χ3v) is 4.49. The van der Waals surface area contributed by atoms with Crippen LogP contribution >= 0.6 is 0 Å². The highest BCUT2D eigenvalue weighted by molar-refractivity contribution is 6.21. The van der Waals surface area contributed by atoms with Gasteiger partial charge in [-0.15, -0.1) is 0 Å². The van der Waals surface area contributed by atoms with Crippen LogP contribution in [0.4, 0.5) is 0 Å². The maximum Gasteiger partial charge on any atom is 0.261 e. The van der Waals surface area contributed by atoms with Gasteiger partial charge in [0.1, 0.15) is 0 Å². The quantitative estimate of drug-likeness (QED) is 0.243. The molecule has 2 rings (SSSR count). The van der Waals surface area contributed by atoms with Gasteiger partial charge in [-0.05, 0) is 44.2 Å². The van der Waals surface area contributed by atoms with Crippen LogP contribution in [-0.4, -0.2) is 62.1 Å². The first kappa shape index (κ1) is 22.9. The summed E-state index contributed by atoms with van der Waals surface area (Å²) in [6.07, 6.45) is 2.49. The van der Waals surface area contributed by atoms with Gasteiger partial charge >= 0.3 is 0 Å². The normalized spacial score (nSPS) is 13.9. The zero-order chi connectivity index (χ0) is 21.1. The molecule has 0 bridgehead atoms. The Kier molecular flexibility index (Phi) is 9.64. The van der Waals surface area contributed by atoms with Crippen LogP contribution in [0.25, 0.3) is 0 Å². The number of rotatable bonds is 12. The summed E-state index contributed by atoms with van der Waals surface area (Å²) >= 11 is 0. The van der Waals surface area contributed by atoms with Gasteiger partial charge in [-0.25, -0.2) is 0 Å². The molecular formula is C22H34N4O3. The first-order valence-electron chi connectivity index (χ1n) is 10.6. The number of imide groups is 1. The Morgan fingerprint density at radius 3 is 2.38 bits per heavy atom. The predicted octanol–water partition coefficient (Wildman–Crippen LogP) is 2.68. The van der Waals surface area contributed by atoms with Crippen molar-refractivity contribution in [1.82, 2.24) is 15.5 Å². The van der Waals surface area contributed by atoms with E-state index in [2.05, 4.69) is 29.5 Å². The van der Waals surface area contributed by atoms with Crippen molar-refractivity contribution in [3.8, 4) is 0 Å². The van der Waals surface area contributed by atoms with E-state index in [0.717, 1.165) is 51.5 Å². The van der Waals surface area contributed by atoms with Gasteiger partial charge in [0.05, 0.1) is 11.1 Å². The second-order valence-electron chi connectivity index (χ2n) is 7.52. The number of hydrogen-bond donors (Lipinski definition) is 2. The number of aliphatic imine (C=N–C) groups is 1. The Morgan fingerprint density at radius 2 is 1.76 bits per heavy atom. The van der Waals surface area contributed by atoms with E-state index < -0.39 is 0 Å². The zero-order valence-electron chi connectivity index (χ0n) is 17.9. The van der Waals surface area contributed by atoms with Crippen molar-refractivity contribution < 1.29 is 14.3 Å². The summed E-state index contributed by atoms with van der Waals surface area (Å²) in [6, 6.07) is 7.00. The maximum absolute atomic E-state index is 12.3. The largest absolute Gasteiger partial charge is 0.381 e. The van der Waals surface area contributed by atoms with Gasteiger partial charge in [-0.3, -0.25) is 19.5 Å². The first-order chi connectivity index (χ1) is 14.0. The summed E-state index contributed by atoms with van der Waals surface area (Å²) in [5.41, 5.74) is 1.02. The second-order valence-corrected chi connectivity index (χ2v) is 7.52. The fraction of sp³-hybridized carbons (Fsp3) is 0.591. The fourth-order valence-electron chi connectivity index (χ4n) is 3.06. The standard InChI is InChI=1S/C22H34N4O3/c1-4-23-22(25-13-9-15-29-16-17(2)3)24-12-7-8-14-26-20(27)18-10-5-6-11-19(18)21(26)28/h5-6,10-11,17H,4,7-9,12-16H2,1-3H3,(H2,23,24,25). The molecule has 1 heterocycles. The van der Waals surface area contributed by atoms with Crippen LogP contribution in [0.1, 0.15) is 60.7 Å². The third-order valence-electron chi connectivity index (χ3n) is 4.49. The number of carbonyl (C=O) groups is 2. The van der Waals surface area contributed by atoms with Crippen LogP contribution in [0.5, 0.6) is 0 Å². The molecule has 0 unspecified atom stereocenters. The number of unbranched alkanes of at least 4 members (excludes halogenated alkanes) is 1. The number of carbonyl (C=O) groups excluding carboxylic acids is 2. The lowest BCUT2D eigenvalue weighted by Crippen LogP contribution is -2.38. The average molecular weight is 403 g/mol. The topological polar surface area (TPSA) is 83.0 Å². The SMILES string of the molecule is CCNC(=NCCCOCC(C)C)NCCCCN1C(=O)c2ccccc2C1=O. The number of amides is 2. The molecule has 7 nitrogen and oxygen atoms in total. The Balaban J connectivity index is 1.65. The number of nitrogens with zero attached hydrogens (tertiary/aromatic N) is 2. The molecular weight excluding hydrogens is 368 g/mol. The first-order valence-corrected chi connectivity index (χ1v) is 10.6. The molecule has 29 heavy (non-hydrogen) atoms. The smallest absolute Gasteiger partial charge is 0.261 e. The summed E-state index contributed by atoms with van der Waals surface area (Å²) in [4.78, 5) is 30.6. The van der Waals surface area contributed by atoms with Crippen LogP contribution in [0.2, 0.25) is 0 Å². The Hall–Kier alpha value is -2.41. The lowest BCUT2D eigenvalue weighted by Gasteiger charge is -2.14. The molecule has 0 aromatic heterocycles. The van der Waals surface area contributed by atoms with Gasteiger partial charge in [0.25, 0.3) is 11.8 Å². The summed E-state index contributed by atoms with van der Waals surface area (Å²) in [6.45, 7) is 10.5. The van der Waals surface area contributed by atoms with E-state index in [1.165, 1.54) is 4.90 Å². The van der Waals surface area contributed by atoms with Crippen molar-refractivity contribution in [2.24, 2.45) is 10.9 Å². The van der Waals surface area contributed by atoms with Crippen LogP contribution in [0.3, 0.4) is 0 Å². The number of benzene rings is 1. The van der Waals surface area contributed by atoms with Gasteiger partial charge in [0, 0.05) is 39.4 Å². The predicted molar refractivity (Wildman–Crippen MR) is 115 cm³/mol. The number of ether oxygens (including phenoxy) is 1. The van der Waals surface area contributed by atoms with E-state index in [4.69, 9.17) is 4.74 Å².